The summed E-state index contributed by atoms with van der Waals surface area (Å²) in [5.41, 5.74) is 8.15. The van der Waals surface area contributed by atoms with Crippen LogP contribution in [-0.4, -0.2) is 24.9 Å². The molecule has 0 radical (unpaired) electrons. The highest BCUT2D eigenvalue weighted by Gasteiger charge is 2.12. The first-order valence-corrected chi connectivity index (χ1v) is 7.27. The summed E-state index contributed by atoms with van der Waals surface area (Å²) >= 11 is 0. The van der Waals surface area contributed by atoms with Gasteiger partial charge in [0.25, 0.3) is 0 Å². The van der Waals surface area contributed by atoms with E-state index in [1.807, 2.05) is 24.3 Å². The van der Waals surface area contributed by atoms with E-state index >= 15 is 0 Å². The van der Waals surface area contributed by atoms with Crippen molar-refractivity contribution in [2.45, 2.75) is 6.42 Å². The van der Waals surface area contributed by atoms with Gasteiger partial charge < -0.3 is 10.7 Å². The number of H-pyrrole nitrogens is 1. The van der Waals surface area contributed by atoms with Crippen LogP contribution in [0.25, 0.3) is 34.9 Å². The molecule has 0 saturated heterocycles. The van der Waals surface area contributed by atoms with E-state index in [9.17, 15) is 0 Å². The van der Waals surface area contributed by atoms with Gasteiger partial charge in [0.05, 0.1) is 22.6 Å². The summed E-state index contributed by atoms with van der Waals surface area (Å²) in [6.07, 6.45) is 14.1. The number of imidazole rings is 1. The van der Waals surface area contributed by atoms with Crippen LogP contribution in [0.5, 0.6) is 0 Å². The molecule has 0 aromatic carbocycles. The molecule has 3 aromatic rings. The molecular formula is C17H14N6. The van der Waals surface area contributed by atoms with Gasteiger partial charge in [-0.15, -0.1) is 0 Å². The lowest BCUT2D eigenvalue weighted by Crippen LogP contribution is -2.23. The number of allylic oxidation sites excluding steroid dienone is 2. The minimum atomic E-state index is 0.345. The minimum Gasteiger partial charge on any atom is -0.382 e. The van der Waals surface area contributed by atoms with Gasteiger partial charge in [-0.3, -0.25) is 4.98 Å². The first-order valence-electron chi connectivity index (χ1n) is 7.27. The van der Waals surface area contributed by atoms with Crippen LogP contribution in [0.4, 0.5) is 5.82 Å². The predicted octanol–water partition coefficient (Wildman–Crippen LogP) is 1.03. The molecule has 23 heavy (non-hydrogen) atoms. The van der Waals surface area contributed by atoms with Crippen molar-refractivity contribution < 1.29 is 0 Å². The third-order valence-corrected chi connectivity index (χ3v) is 3.59. The monoisotopic (exact) mass is 302 g/mol. The molecule has 0 bridgehead atoms. The first-order chi connectivity index (χ1) is 11.3. The standard InChI is InChI=1S/C17H14N6/c18-16-15(17-22-12-6-2-1-3-7-13(12)23-17)21-14(10-20-16)11-5-4-8-19-9-11/h1-2,4-10H,3H2,(H2,18,20)(H,22,23). The van der Waals surface area contributed by atoms with E-state index in [4.69, 9.17) is 5.73 Å². The lowest BCUT2D eigenvalue weighted by Gasteiger charge is -2.04. The van der Waals surface area contributed by atoms with E-state index in [0.29, 0.717) is 23.0 Å². The number of nitrogens with two attached hydrogens (primary N) is 1. The fourth-order valence-electron chi connectivity index (χ4n) is 2.44. The zero-order valence-corrected chi connectivity index (χ0v) is 12.3. The maximum atomic E-state index is 6.00. The normalized spacial score (nSPS) is 12.9. The Kier molecular flexibility index (Phi) is 3.20. The quantitative estimate of drug-likeness (QED) is 0.737. The van der Waals surface area contributed by atoms with Gasteiger partial charge >= 0.3 is 0 Å². The summed E-state index contributed by atoms with van der Waals surface area (Å²) < 4.78 is 0. The Labute approximate surface area is 132 Å². The second kappa shape index (κ2) is 5.49. The van der Waals surface area contributed by atoms with Crippen LogP contribution >= 0.6 is 0 Å². The van der Waals surface area contributed by atoms with Crippen LogP contribution in [0, 0.1) is 0 Å². The zero-order chi connectivity index (χ0) is 15.6. The molecule has 3 heterocycles. The van der Waals surface area contributed by atoms with Gasteiger partial charge in [0.15, 0.2) is 11.6 Å². The Morgan fingerprint density at radius 1 is 1.17 bits per heavy atom. The molecule has 0 saturated carbocycles. The Hall–Kier alpha value is -3.28. The van der Waals surface area contributed by atoms with E-state index in [1.165, 1.54) is 0 Å². The first kappa shape index (κ1) is 13.4. The summed E-state index contributed by atoms with van der Waals surface area (Å²) in [6.45, 7) is 0. The maximum absolute atomic E-state index is 6.00. The molecule has 6 nitrogen and oxygen atoms in total. The molecule has 0 spiro atoms. The van der Waals surface area contributed by atoms with Crippen molar-refractivity contribution in [2.75, 3.05) is 5.73 Å². The van der Waals surface area contributed by atoms with E-state index in [-0.39, 0.29) is 0 Å². The van der Waals surface area contributed by atoms with Crippen molar-refractivity contribution in [2.24, 2.45) is 0 Å². The number of hydrogen-bond donors (Lipinski definition) is 2. The lowest BCUT2D eigenvalue weighted by molar-refractivity contribution is 1.16. The summed E-state index contributed by atoms with van der Waals surface area (Å²) in [5, 5.41) is 1.85. The Bertz CT molecular complexity index is 1000. The third kappa shape index (κ3) is 2.50. The molecule has 6 heteroatoms. The van der Waals surface area contributed by atoms with Gasteiger partial charge in [0.2, 0.25) is 0 Å². The van der Waals surface area contributed by atoms with Crippen molar-refractivity contribution in [1.29, 1.82) is 0 Å². The summed E-state index contributed by atoms with van der Waals surface area (Å²) in [6, 6.07) is 3.79. The highest BCUT2D eigenvalue weighted by molar-refractivity contribution is 5.68. The van der Waals surface area contributed by atoms with Crippen LogP contribution in [0.2, 0.25) is 0 Å². The van der Waals surface area contributed by atoms with E-state index in [0.717, 1.165) is 22.7 Å². The molecule has 0 unspecified atom stereocenters. The largest absolute Gasteiger partial charge is 0.382 e. The lowest BCUT2D eigenvalue weighted by atomic mass is 10.2. The van der Waals surface area contributed by atoms with Gasteiger partial charge in [-0.1, -0.05) is 18.2 Å². The zero-order valence-electron chi connectivity index (χ0n) is 12.3. The molecule has 1 aliphatic carbocycles. The molecule has 3 N–H and O–H groups in total. The molecule has 0 fully saturated rings. The maximum Gasteiger partial charge on any atom is 0.161 e. The van der Waals surface area contributed by atoms with Gasteiger partial charge in [-0.05, 0) is 24.6 Å². The van der Waals surface area contributed by atoms with Crippen LogP contribution in [0.3, 0.4) is 0 Å². The molecule has 0 atom stereocenters. The van der Waals surface area contributed by atoms with Gasteiger partial charge in [-0.2, -0.15) is 0 Å². The van der Waals surface area contributed by atoms with Crippen LogP contribution in [0.1, 0.15) is 6.42 Å². The fourth-order valence-corrected chi connectivity index (χ4v) is 2.44. The number of aromatic amines is 1. The van der Waals surface area contributed by atoms with Gasteiger partial charge in [0, 0.05) is 18.0 Å². The summed E-state index contributed by atoms with van der Waals surface area (Å²) in [4.78, 5) is 20.8. The average molecular weight is 302 g/mol. The topological polar surface area (TPSA) is 93.4 Å². The number of nitrogens with one attached hydrogen (secondary N) is 1. The second-order valence-electron chi connectivity index (χ2n) is 5.15. The molecule has 112 valence electrons. The fraction of sp³-hybridized carbons (Fsp3) is 0.0588. The van der Waals surface area contributed by atoms with Crippen LogP contribution in [0.15, 0.2) is 42.9 Å². The second-order valence-corrected chi connectivity index (χ2v) is 5.15. The highest BCUT2D eigenvalue weighted by atomic mass is 15.0. The number of pyridine rings is 1. The van der Waals surface area contributed by atoms with Gasteiger partial charge in [-0.25, -0.2) is 15.0 Å². The Morgan fingerprint density at radius 3 is 3.00 bits per heavy atom. The van der Waals surface area contributed by atoms with Crippen molar-refractivity contribution in [3.05, 3.63) is 53.6 Å². The smallest absolute Gasteiger partial charge is 0.161 e. The number of fused-ring (bicyclic) bond motifs is 1. The molecule has 0 amide bonds. The number of rotatable bonds is 2. The summed E-state index contributed by atoms with van der Waals surface area (Å²) in [5.74, 6) is 0.964. The van der Waals surface area contributed by atoms with E-state index in [1.54, 1.807) is 18.6 Å². The molecular weight excluding hydrogens is 288 g/mol. The van der Waals surface area contributed by atoms with Crippen LogP contribution in [-0.2, 0) is 0 Å². The van der Waals surface area contributed by atoms with Crippen molar-refractivity contribution >= 4 is 18.0 Å². The van der Waals surface area contributed by atoms with Crippen molar-refractivity contribution in [3.63, 3.8) is 0 Å². The van der Waals surface area contributed by atoms with Crippen molar-refractivity contribution in [3.8, 4) is 22.8 Å². The Balaban J connectivity index is 1.87. The minimum absolute atomic E-state index is 0.345. The molecule has 4 rings (SSSR count). The van der Waals surface area contributed by atoms with Crippen LogP contribution < -0.4 is 16.4 Å². The van der Waals surface area contributed by atoms with Gasteiger partial charge in [0.1, 0.15) is 5.69 Å². The third-order valence-electron chi connectivity index (χ3n) is 3.59. The molecule has 1 aliphatic rings. The van der Waals surface area contributed by atoms with Crippen molar-refractivity contribution in [1.82, 2.24) is 24.9 Å². The highest BCUT2D eigenvalue weighted by Crippen LogP contribution is 2.22. The molecule has 3 aromatic heterocycles. The van der Waals surface area contributed by atoms with E-state index in [2.05, 4.69) is 37.1 Å². The predicted molar refractivity (Wildman–Crippen MR) is 89.2 cm³/mol. The number of anilines is 1. The number of nitrogens with zero attached hydrogens (tertiary/aromatic N) is 4. The van der Waals surface area contributed by atoms with E-state index < -0.39 is 0 Å². The summed E-state index contributed by atoms with van der Waals surface area (Å²) in [7, 11) is 0. The Morgan fingerprint density at radius 2 is 2.13 bits per heavy atom. The average Bonchev–Trinajstić information content (AvgIpc) is 2.86. The number of nitrogen functional groups attached to an aromatic ring is 1. The SMILES string of the molecule is Nc1ncc(-c2cccnc2)nc1-c1nc2c([nH]1)=CCC=CC=2. The molecule has 0 aliphatic heterocycles. The number of hydrogen-bond acceptors (Lipinski definition) is 5. The number of aromatic nitrogens is 5.